The lowest BCUT2D eigenvalue weighted by atomic mass is 10.3. The van der Waals surface area contributed by atoms with Crippen LogP contribution in [0.25, 0.3) is 0 Å². The van der Waals surface area contributed by atoms with Gasteiger partial charge >= 0.3 is 12.1 Å². The maximum Gasteiger partial charge on any atom is 0.471 e. The van der Waals surface area contributed by atoms with E-state index in [0.717, 1.165) is 0 Å². The third-order valence-electron chi connectivity index (χ3n) is 1.55. The highest BCUT2D eigenvalue weighted by atomic mass is 79.9. The monoisotopic (exact) mass is 282 g/mol. The van der Waals surface area contributed by atoms with Gasteiger partial charge in [-0.05, 0) is 34.5 Å². The first-order valence-corrected chi connectivity index (χ1v) is 4.60. The average Bonchev–Trinajstić information content (AvgIpc) is 2.10. The molecule has 15 heavy (non-hydrogen) atoms. The minimum atomic E-state index is -4.90. The Morgan fingerprint density at radius 2 is 2.13 bits per heavy atom. The number of hydrogen-bond acceptors (Lipinski definition) is 2. The predicted octanol–water partition coefficient (Wildman–Crippen LogP) is 2.65. The minimum Gasteiger partial charge on any atom is -0.303 e. The fraction of sp³-hybridized carbons (Fsp3) is 0.250. The molecule has 0 unspecified atom stereocenters. The second-order valence-electron chi connectivity index (χ2n) is 2.77. The van der Waals surface area contributed by atoms with Gasteiger partial charge in [0.25, 0.3) is 0 Å². The zero-order valence-electron chi connectivity index (χ0n) is 7.52. The van der Waals surface area contributed by atoms with Gasteiger partial charge in [-0.15, -0.1) is 0 Å². The van der Waals surface area contributed by atoms with E-state index in [1.54, 1.807) is 12.2 Å². The van der Waals surface area contributed by atoms with Crippen LogP contribution in [-0.4, -0.2) is 17.1 Å². The van der Waals surface area contributed by atoms with E-state index in [1.807, 2.05) is 0 Å². The Bertz CT molecular complexity index is 392. The molecule has 1 amide bonds. The van der Waals surface area contributed by atoms with Crippen LogP contribution in [-0.2, 0) is 4.79 Å². The molecular weight excluding hydrogens is 277 g/mol. The summed E-state index contributed by atoms with van der Waals surface area (Å²) in [5.74, 6) is -2.16. The largest absolute Gasteiger partial charge is 0.471 e. The number of nitrogens with one attached hydrogen (secondary N) is 1. The first-order chi connectivity index (χ1) is 6.80. The van der Waals surface area contributed by atoms with Crippen LogP contribution < -0.4 is 5.32 Å². The molecule has 0 aliphatic rings. The summed E-state index contributed by atoms with van der Waals surface area (Å²) in [7, 11) is 0. The molecule has 0 atom stereocenters. The number of anilines is 1. The molecule has 0 fully saturated rings. The average molecular weight is 283 g/mol. The van der Waals surface area contributed by atoms with Crippen LogP contribution in [0.2, 0.25) is 0 Å². The van der Waals surface area contributed by atoms with Crippen molar-refractivity contribution in [3.8, 4) is 0 Å². The summed E-state index contributed by atoms with van der Waals surface area (Å²) < 4.78 is 36.3. The third kappa shape index (κ3) is 3.19. The zero-order chi connectivity index (χ0) is 11.6. The summed E-state index contributed by atoms with van der Waals surface area (Å²) in [4.78, 5) is 14.2. The van der Waals surface area contributed by atoms with E-state index in [-0.39, 0.29) is 5.82 Å². The molecule has 0 aromatic carbocycles. The van der Waals surface area contributed by atoms with Crippen LogP contribution in [0.1, 0.15) is 5.56 Å². The van der Waals surface area contributed by atoms with Crippen molar-refractivity contribution in [2.45, 2.75) is 13.1 Å². The third-order valence-corrected chi connectivity index (χ3v) is 2.38. The molecule has 0 saturated carbocycles. The Kier molecular flexibility index (Phi) is 3.33. The van der Waals surface area contributed by atoms with Gasteiger partial charge in [0.1, 0.15) is 5.82 Å². The van der Waals surface area contributed by atoms with E-state index in [4.69, 9.17) is 0 Å². The van der Waals surface area contributed by atoms with E-state index in [1.165, 1.54) is 12.3 Å². The summed E-state index contributed by atoms with van der Waals surface area (Å²) in [6.45, 7) is 1.68. The van der Waals surface area contributed by atoms with Crippen molar-refractivity contribution in [2.24, 2.45) is 0 Å². The van der Waals surface area contributed by atoms with Gasteiger partial charge in [-0.3, -0.25) is 4.79 Å². The number of alkyl halides is 3. The highest BCUT2D eigenvalue weighted by Gasteiger charge is 2.38. The van der Waals surface area contributed by atoms with Crippen LogP contribution >= 0.6 is 15.9 Å². The number of aryl methyl sites for hydroxylation is 1. The van der Waals surface area contributed by atoms with Gasteiger partial charge in [-0.25, -0.2) is 4.98 Å². The van der Waals surface area contributed by atoms with E-state index in [2.05, 4.69) is 20.9 Å². The number of hydrogen-bond donors (Lipinski definition) is 1. The van der Waals surface area contributed by atoms with Crippen LogP contribution in [0, 0.1) is 6.92 Å². The van der Waals surface area contributed by atoms with Gasteiger partial charge in [-0.2, -0.15) is 13.2 Å². The van der Waals surface area contributed by atoms with E-state index < -0.39 is 12.1 Å². The fourth-order valence-electron chi connectivity index (χ4n) is 0.795. The number of pyridine rings is 1. The number of rotatable bonds is 1. The van der Waals surface area contributed by atoms with Crippen molar-refractivity contribution in [3.05, 3.63) is 22.3 Å². The first-order valence-electron chi connectivity index (χ1n) is 3.81. The Morgan fingerprint density at radius 1 is 1.53 bits per heavy atom. The lowest BCUT2D eigenvalue weighted by molar-refractivity contribution is -0.167. The van der Waals surface area contributed by atoms with Crippen molar-refractivity contribution >= 4 is 27.7 Å². The van der Waals surface area contributed by atoms with Crippen molar-refractivity contribution < 1.29 is 18.0 Å². The molecule has 1 aromatic rings. The summed E-state index contributed by atoms with van der Waals surface area (Å²) in [5.41, 5.74) is 0.683. The fourth-order valence-corrected chi connectivity index (χ4v) is 1.01. The smallest absolute Gasteiger partial charge is 0.303 e. The standard InChI is InChI=1S/C8H6BrF3N2O/c1-4-2-6(13-3-5(4)9)14-7(15)8(10,11)12/h2-3H,1H3,(H,13,14,15). The molecule has 0 bridgehead atoms. The molecule has 3 nitrogen and oxygen atoms in total. The molecule has 1 rings (SSSR count). The summed E-state index contributed by atoms with van der Waals surface area (Å²) >= 11 is 3.14. The van der Waals surface area contributed by atoms with Crippen LogP contribution in [0.5, 0.6) is 0 Å². The highest BCUT2D eigenvalue weighted by molar-refractivity contribution is 9.10. The van der Waals surface area contributed by atoms with E-state index in [0.29, 0.717) is 10.0 Å². The number of nitrogens with zero attached hydrogens (tertiary/aromatic N) is 1. The number of amides is 1. The topological polar surface area (TPSA) is 42.0 Å². The van der Waals surface area contributed by atoms with Gasteiger partial charge in [0, 0.05) is 10.7 Å². The summed E-state index contributed by atoms with van der Waals surface area (Å²) in [5, 5.41) is 1.65. The number of aromatic nitrogens is 1. The van der Waals surface area contributed by atoms with Gasteiger partial charge in [-0.1, -0.05) is 0 Å². The SMILES string of the molecule is Cc1cc(NC(=O)C(F)(F)F)ncc1Br. The number of halogens is 4. The summed E-state index contributed by atoms with van der Waals surface area (Å²) in [6.07, 6.45) is -3.58. The van der Waals surface area contributed by atoms with Crippen LogP contribution in [0.4, 0.5) is 19.0 Å². The normalized spacial score (nSPS) is 11.3. The van der Waals surface area contributed by atoms with Gasteiger partial charge in [0.05, 0.1) is 0 Å². The molecule has 0 radical (unpaired) electrons. The molecule has 82 valence electrons. The maximum absolute atomic E-state index is 11.9. The van der Waals surface area contributed by atoms with Gasteiger partial charge in [0.15, 0.2) is 0 Å². The lowest BCUT2D eigenvalue weighted by Gasteiger charge is -2.07. The zero-order valence-corrected chi connectivity index (χ0v) is 9.11. The second-order valence-corrected chi connectivity index (χ2v) is 3.62. The minimum absolute atomic E-state index is 0.127. The van der Waals surface area contributed by atoms with E-state index >= 15 is 0 Å². The molecule has 0 aliphatic heterocycles. The molecule has 1 aromatic heterocycles. The first kappa shape index (κ1) is 12.0. The van der Waals surface area contributed by atoms with Crippen molar-refractivity contribution in [3.63, 3.8) is 0 Å². The molecule has 0 saturated heterocycles. The Hall–Kier alpha value is -1.11. The number of carbonyl (C=O) groups is 1. The van der Waals surface area contributed by atoms with Crippen molar-refractivity contribution in [1.82, 2.24) is 4.98 Å². The Morgan fingerprint density at radius 3 is 2.60 bits per heavy atom. The van der Waals surface area contributed by atoms with Crippen LogP contribution in [0.15, 0.2) is 16.7 Å². The number of carbonyl (C=O) groups excluding carboxylic acids is 1. The predicted molar refractivity (Wildman–Crippen MR) is 51.4 cm³/mol. The van der Waals surface area contributed by atoms with Gasteiger partial charge in [0.2, 0.25) is 0 Å². The molecule has 1 N–H and O–H groups in total. The quantitative estimate of drug-likeness (QED) is 0.860. The Labute approximate surface area is 91.8 Å². The molecule has 0 spiro atoms. The molecule has 1 heterocycles. The second kappa shape index (κ2) is 4.18. The summed E-state index contributed by atoms with van der Waals surface area (Å²) in [6, 6.07) is 1.34. The highest BCUT2D eigenvalue weighted by Crippen LogP contribution is 2.20. The molecule has 7 heteroatoms. The van der Waals surface area contributed by atoms with Crippen molar-refractivity contribution in [2.75, 3.05) is 5.32 Å². The van der Waals surface area contributed by atoms with E-state index in [9.17, 15) is 18.0 Å². The van der Waals surface area contributed by atoms with Crippen LogP contribution in [0.3, 0.4) is 0 Å². The van der Waals surface area contributed by atoms with Gasteiger partial charge < -0.3 is 5.32 Å². The molecule has 0 aliphatic carbocycles. The molecular formula is C8H6BrF3N2O. The maximum atomic E-state index is 11.9. The Balaban J connectivity index is 2.83. The lowest BCUT2D eigenvalue weighted by Crippen LogP contribution is -2.30. The van der Waals surface area contributed by atoms with Crippen molar-refractivity contribution in [1.29, 1.82) is 0 Å².